The second kappa shape index (κ2) is 4.46. The first-order valence-electron chi connectivity index (χ1n) is 4.14. The van der Waals surface area contributed by atoms with E-state index >= 15 is 0 Å². The maximum Gasteiger partial charge on any atom is 0.0968 e. The molecule has 0 bridgehead atoms. The van der Waals surface area contributed by atoms with Gasteiger partial charge in [-0.05, 0) is 12.1 Å². The molecule has 0 aromatic rings. The van der Waals surface area contributed by atoms with Crippen LogP contribution in [0.25, 0.3) is 0 Å². The van der Waals surface area contributed by atoms with E-state index in [1.165, 1.54) is 0 Å². The molecule has 0 fully saturated rings. The standard InChI is InChI=1S/C10H18OSi/c1-6-8-9(11)10(7-2)12(3,4)5/h6,8-9,11H,2H2,1,3-5H3. The first-order chi connectivity index (χ1) is 5.43. The van der Waals surface area contributed by atoms with E-state index in [-0.39, 0.29) is 0 Å². The number of allylic oxidation sites excluding steroid dienone is 1. The third kappa shape index (κ3) is 3.22. The van der Waals surface area contributed by atoms with Crippen LogP contribution in [0.15, 0.2) is 29.7 Å². The summed E-state index contributed by atoms with van der Waals surface area (Å²) in [6, 6.07) is 0. The highest BCUT2D eigenvalue weighted by Crippen LogP contribution is 2.17. The molecule has 0 spiro atoms. The van der Waals surface area contributed by atoms with E-state index in [0.717, 1.165) is 5.20 Å². The molecule has 1 atom stereocenters. The molecule has 0 radical (unpaired) electrons. The molecule has 1 nitrogen and oxygen atoms in total. The molecule has 1 unspecified atom stereocenters. The van der Waals surface area contributed by atoms with Crippen molar-refractivity contribution in [2.24, 2.45) is 0 Å². The van der Waals surface area contributed by atoms with E-state index in [9.17, 15) is 5.11 Å². The van der Waals surface area contributed by atoms with Crippen LogP contribution < -0.4 is 0 Å². The molecular weight excluding hydrogens is 164 g/mol. The van der Waals surface area contributed by atoms with Gasteiger partial charge in [-0.25, -0.2) is 0 Å². The lowest BCUT2D eigenvalue weighted by Crippen LogP contribution is -2.30. The smallest absolute Gasteiger partial charge is 0.0968 e. The minimum absolute atomic E-state index is 0.487. The molecule has 1 N–H and O–H groups in total. The van der Waals surface area contributed by atoms with Gasteiger partial charge in [0, 0.05) is 0 Å². The molecule has 0 aromatic carbocycles. The van der Waals surface area contributed by atoms with Gasteiger partial charge in [0.1, 0.15) is 0 Å². The topological polar surface area (TPSA) is 20.2 Å². The summed E-state index contributed by atoms with van der Waals surface area (Å²) >= 11 is 0. The minimum Gasteiger partial charge on any atom is -0.384 e. The summed E-state index contributed by atoms with van der Waals surface area (Å²) in [4.78, 5) is 0. The number of hydrogen-bond acceptors (Lipinski definition) is 1. The number of aliphatic hydroxyl groups is 1. The van der Waals surface area contributed by atoms with Crippen molar-refractivity contribution >= 4 is 8.07 Å². The summed E-state index contributed by atoms with van der Waals surface area (Å²) in [6.07, 6.45) is 3.13. The highest BCUT2D eigenvalue weighted by Gasteiger charge is 2.23. The van der Waals surface area contributed by atoms with Gasteiger partial charge in [-0.2, -0.15) is 0 Å². The first-order valence-corrected chi connectivity index (χ1v) is 7.64. The van der Waals surface area contributed by atoms with Gasteiger partial charge in [0.25, 0.3) is 0 Å². The van der Waals surface area contributed by atoms with Gasteiger partial charge in [0.05, 0.1) is 14.2 Å². The molecule has 12 heavy (non-hydrogen) atoms. The molecule has 0 rings (SSSR count). The fourth-order valence-corrected chi connectivity index (χ4v) is 2.61. The molecule has 0 aliphatic rings. The van der Waals surface area contributed by atoms with Gasteiger partial charge in [-0.15, -0.1) is 5.73 Å². The minimum atomic E-state index is -1.45. The molecule has 0 saturated heterocycles. The van der Waals surface area contributed by atoms with Gasteiger partial charge in [-0.3, -0.25) is 0 Å². The van der Waals surface area contributed by atoms with Gasteiger partial charge in [0.2, 0.25) is 0 Å². The van der Waals surface area contributed by atoms with Gasteiger partial charge in [0.15, 0.2) is 0 Å². The monoisotopic (exact) mass is 182 g/mol. The van der Waals surface area contributed by atoms with Gasteiger partial charge < -0.3 is 5.11 Å². The zero-order valence-electron chi connectivity index (χ0n) is 8.39. The SMILES string of the molecule is C=C=C(C(O)C=CC)[Si](C)(C)C. The Balaban J connectivity index is 4.72. The Hall–Kier alpha value is -0.563. The molecule has 68 valence electrons. The Labute approximate surface area is 76.1 Å². The fourth-order valence-electron chi connectivity index (χ4n) is 1.09. The highest BCUT2D eigenvalue weighted by atomic mass is 28.3. The number of rotatable bonds is 3. The summed E-state index contributed by atoms with van der Waals surface area (Å²) in [7, 11) is -1.45. The first kappa shape index (κ1) is 11.4. The normalized spacial score (nSPS) is 14.4. The third-order valence-corrected chi connectivity index (χ3v) is 3.76. The molecule has 2 heteroatoms. The van der Waals surface area contributed by atoms with Crippen LogP contribution in [0.2, 0.25) is 19.6 Å². The van der Waals surface area contributed by atoms with E-state index in [1.807, 2.05) is 13.0 Å². The molecule has 0 aliphatic heterocycles. The Kier molecular flexibility index (Phi) is 4.25. The van der Waals surface area contributed by atoms with E-state index < -0.39 is 14.2 Å². The number of hydrogen-bond donors (Lipinski definition) is 1. The largest absolute Gasteiger partial charge is 0.384 e. The van der Waals surface area contributed by atoms with E-state index in [1.54, 1.807) is 6.08 Å². The van der Waals surface area contributed by atoms with Crippen molar-refractivity contribution in [2.75, 3.05) is 0 Å². The summed E-state index contributed by atoms with van der Waals surface area (Å²) < 4.78 is 0. The lowest BCUT2D eigenvalue weighted by Gasteiger charge is -2.21. The average Bonchev–Trinajstić information content (AvgIpc) is 1.85. The van der Waals surface area contributed by atoms with Crippen molar-refractivity contribution in [1.82, 2.24) is 0 Å². The zero-order valence-corrected chi connectivity index (χ0v) is 9.39. The molecule has 0 amide bonds. The van der Waals surface area contributed by atoms with E-state index in [0.29, 0.717) is 0 Å². The van der Waals surface area contributed by atoms with Crippen LogP contribution >= 0.6 is 0 Å². The second-order valence-corrected chi connectivity index (χ2v) is 8.85. The van der Waals surface area contributed by atoms with Crippen LogP contribution in [0.1, 0.15) is 6.92 Å². The maximum atomic E-state index is 9.65. The quantitative estimate of drug-likeness (QED) is 0.404. The predicted octanol–water partition coefficient (Wildman–Crippen LogP) is 2.51. The van der Waals surface area contributed by atoms with Crippen molar-refractivity contribution in [3.63, 3.8) is 0 Å². The predicted molar refractivity (Wildman–Crippen MR) is 56.8 cm³/mol. The zero-order chi connectivity index (χ0) is 9.78. The van der Waals surface area contributed by atoms with E-state index in [4.69, 9.17) is 0 Å². The lowest BCUT2D eigenvalue weighted by atomic mass is 10.3. The van der Waals surface area contributed by atoms with Crippen LogP contribution in [0.3, 0.4) is 0 Å². The average molecular weight is 182 g/mol. The van der Waals surface area contributed by atoms with Gasteiger partial charge in [-0.1, -0.05) is 38.4 Å². The molecule has 0 heterocycles. The van der Waals surface area contributed by atoms with Crippen molar-refractivity contribution < 1.29 is 5.11 Å². The Morgan fingerprint density at radius 3 is 2.25 bits per heavy atom. The Morgan fingerprint density at radius 2 is 2.00 bits per heavy atom. The Bertz CT molecular complexity index is 216. The lowest BCUT2D eigenvalue weighted by molar-refractivity contribution is 0.266. The van der Waals surface area contributed by atoms with Crippen molar-refractivity contribution in [3.8, 4) is 0 Å². The third-order valence-electron chi connectivity index (χ3n) is 1.67. The van der Waals surface area contributed by atoms with Gasteiger partial charge >= 0.3 is 0 Å². The van der Waals surface area contributed by atoms with Crippen molar-refractivity contribution in [2.45, 2.75) is 32.7 Å². The highest BCUT2D eigenvalue weighted by molar-refractivity contribution is 6.83. The second-order valence-electron chi connectivity index (χ2n) is 3.81. The van der Waals surface area contributed by atoms with E-state index in [2.05, 4.69) is 32.0 Å². The van der Waals surface area contributed by atoms with Crippen LogP contribution in [-0.2, 0) is 0 Å². The van der Waals surface area contributed by atoms with Crippen LogP contribution in [0, 0.1) is 0 Å². The fraction of sp³-hybridized carbons (Fsp3) is 0.500. The van der Waals surface area contributed by atoms with Crippen LogP contribution in [-0.4, -0.2) is 19.3 Å². The molecular formula is C10H18OSi. The molecule has 0 aliphatic carbocycles. The summed E-state index contributed by atoms with van der Waals surface area (Å²) in [5.41, 5.74) is 2.85. The van der Waals surface area contributed by atoms with Crippen LogP contribution in [0.4, 0.5) is 0 Å². The maximum absolute atomic E-state index is 9.65. The number of aliphatic hydroxyl groups excluding tert-OH is 1. The Morgan fingerprint density at radius 1 is 1.50 bits per heavy atom. The summed E-state index contributed by atoms with van der Waals surface area (Å²) in [6.45, 7) is 12.0. The molecule has 0 aromatic heterocycles. The van der Waals surface area contributed by atoms with Crippen molar-refractivity contribution in [3.05, 3.63) is 29.7 Å². The van der Waals surface area contributed by atoms with Crippen molar-refractivity contribution in [1.29, 1.82) is 0 Å². The molecule has 0 saturated carbocycles. The summed E-state index contributed by atoms with van der Waals surface area (Å²) in [5, 5.41) is 10.6. The van der Waals surface area contributed by atoms with Crippen LogP contribution in [0.5, 0.6) is 0 Å². The summed E-state index contributed by atoms with van der Waals surface area (Å²) in [5.74, 6) is 0.